The van der Waals surface area contributed by atoms with Crippen molar-refractivity contribution in [3.8, 4) is 0 Å². The van der Waals surface area contributed by atoms with Gasteiger partial charge in [-0.05, 0) is 41.5 Å². The molecule has 0 saturated carbocycles. The van der Waals surface area contributed by atoms with Crippen LogP contribution in [0.25, 0.3) is 0 Å². The van der Waals surface area contributed by atoms with Gasteiger partial charge in [0.05, 0.1) is 11.0 Å². The van der Waals surface area contributed by atoms with Crippen LogP contribution in [0.1, 0.15) is 40.4 Å². The molecule has 0 saturated heterocycles. The summed E-state index contributed by atoms with van der Waals surface area (Å²) in [5, 5.41) is 5.79. The second-order valence-corrected chi connectivity index (χ2v) is 7.74. The quantitative estimate of drug-likeness (QED) is 0.650. The van der Waals surface area contributed by atoms with Crippen LogP contribution in [0.15, 0.2) is 10.6 Å². The summed E-state index contributed by atoms with van der Waals surface area (Å²) < 4.78 is 9.90. The van der Waals surface area contributed by atoms with Gasteiger partial charge in [0.1, 0.15) is 5.76 Å². The number of thioether (sulfide) groups is 1. The normalized spacial score (nSPS) is 12.2. The molecule has 9 heteroatoms. The van der Waals surface area contributed by atoms with Crippen molar-refractivity contribution < 1.29 is 23.6 Å². The zero-order valence-electron chi connectivity index (χ0n) is 16.1. The minimum absolute atomic E-state index is 0.0247. The molecule has 1 N–H and O–H groups in total. The first-order chi connectivity index (χ1) is 12.1. The van der Waals surface area contributed by atoms with Crippen molar-refractivity contribution in [2.75, 3.05) is 17.7 Å². The molecule has 1 aromatic rings. The lowest BCUT2D eigenvalue weighted by molar-refractivity contribution is -0.151. The minimum Gasteiger partial charge on any atom is -0.455 e. The Morgan fingerprint density at radius 1 is 1.23 bits per heavy atom. The van der Waals surface area contributed by atoms with Crippen LogP contribution in [0.2, 0.25) is 0 Å². The molecule has 2 amide bonds. The number of aryl methyl sites for hydroxylation is 1. The molecule has 0 fully saturated rings. The summed E-state index contributed by atoms with van der Waals surface area (Å²) in [7, 11) is 0. The van der Waals surface area contributed by atoms with Gasteiger partial charge in [0.25, 0.3) is 5.91 Å². The van der Waals surface area contributed by atoms with Gasteiger partial charge in [-0.3, -0.25) is 14.4 Å². The average Bonchev–Trinajstić information content (AvgIpc) is 2.94. The SMILES string of the molecule is Cc1cc(NC(=O)[C@H](C)SCC(=O)OCC(=O)N(C(C)C)C(C)C)no1. The predicted octanol–water partition coefficient (Wildman–Crippen LogP) is 2.23. The number of hydrogen-bond donors (Lipinski definition) is 1. The second kappa shape index (κ2) is 10.2. The average molecular weight is 385 g/mol. The largest absolute Gasteiger partial charge is 0.455 e. The maximum atomic E-state index is 12.1. The number of nitrogens with zero attached hydrogens (tertiary/aromatic N) is 2. The molecular weight excluding hydrogens is 358 g/mol. The summed E-state index contributed by atoms with van der Waals surface area (Å²) >= 11 is 1.12. The highest BCUT2D eigenvalue weighted by molar-refractivity contribution is 8.01. The van der Waals surface area contributed by atoms with E-state index in [1.54, 1.807) is 24.8 Å². The first-order valence-electron chi connectivity index (χ1n) is 8.44. The first-order valence-corrected chi connectivity index (χ1v) is 9.49. The Labute approximate surface area is 158 Å². The van der Waals surface area contributed by atoms with Gasteiger partial charge in [0, 0.05) is 18.2 Å². The number of amides is 2. The number of esters is 1. The Balaban J connectivity index is 2.36. The smallest absolute Gasteiger partial charge is 0.316 e. The van der Waals surface area contributed by atoms with E-state index in [1.807, 2.05) is 27.7 Å². The Hall–Kier alpha value is -2.03. The molecule has 0 unspecified atom stereocenters. The molecule has 8 nitrogen and oxygen atoms in total. The van der Waals surface area contributed by atoms with Crippen molar-refractivity contribution in [1.29, 1.82) is 0 Å². The zero-order chi connectivity index (χ0) is 19.9. The molecule has 146 valence electrons. The van der Waals surface area contributed by atoms with Crippen LogP contribution in [-0.2, 0) is 19.1 Å². The molecule has 0 aliphatic heterocycles. The molecule has 0 aliphatic rings. The Morgan fingerprint density at radius 3 is 2.35 bits per heavy atom. The van der Waals surface area contributed by atoms with E-state index in [-0.39, 0.29) is 36.3 Å². The van der Waals surface area contributed by atoms with Gasteiger partial charge in [-0.2, -0.15) is 0 Å². The number of aromatic nitrogens is 1. The number of carbonyl (C=O) groups is 3. The fourth-order valence-corrected chi connectivity index (χ4v) is 3.03. The lowest BCUT2D eigenvalue weighted by Gasteiger charge is -2.30. The van der Waals surface area contributed by atoms with Crippen LogP contribution in [0.4, 0.5) is 5.82 Å². The number of anilines is 1. The van der Waals surface area contributed by atoms with Gasteiger partial charge in [-0.25, -0.2) is 0 Å². The summed E-state index contributed by atoms with van der Waals surface area (Å²) in [4.78, 5) is 37.6. The fourth-order valence-electron chi connectivity index (χ4n) is 2.35. The first kappa shape index (κ1) is 22.0. The van der Waals surface area contributed by atoms with Gasteiger partial charge in [0.15, 0.2) is 12.4 Å². The fraction of sp³-hybridized carbons (Fsp3) is 0.647. The second-order valence-electron chi connectivity index (χ2n) is 6.41. The van der Waals surface area contributed by atoms with Crippen molar-refractivity contribution >= 4 is 35.4 Å². The van der Waals surface area contributed by atoms with Gasteiger partial charge >= 0.3 is 5.97 Å². The number of hydrogen-bond acceptors (Lipinski definition) is 7. The van der Waals surface area contributed by atoms with Crippen molar-refractivity contribution in [1.82, 2.24) is 10.1 Å². The van der Waals surface area contributed by atoms with E-state index in [2.05, 4.69) is 10.5 Å². The molecular formula is C17H27N3O5S. The summed E-state index contributed by atoms with van der Waals surface area (Å²) in [5.74, 6) is -0.171. The Morgan fingerprint density at radius 2 is 1.85 bits per heavy atom. The standard InChI is InChI=1S/C17H27N3O5S/c1-10(2)20(11(3)4)15(21)8-24-16(22)9-26-13(6)17(23)18-14-7-12(5)25-19-14/h7,10-11,13H,8-9H2,1-6H3,(H,18,19,23)/t13-/m0/s1. The van der Waals surface area contributed by atoms with Crippen molar-refractivity contribution in [3.05, 3.63) is 11.8 Å². The molecule has 0 bridgehead atoms. The van der Waals surface area contributed by atoms with Crippen molar-refractivity contribution in [3.63, 3.8) is 0 Å². The summed E-state index contributed by atoms with van der Waals surface area (Å²) in [6, 6.07) is 1.66. The van der Waals surface area contributed by atoms with E-state index < -0.39 is 11.2 Å². The van der Waals surface area contributed by atoms with E-state index in [4.69, 9.17) is 9.26 Å². The van der Waals surface area contributed by atoms with E-state index in [1.165, 1.54) is 0 Å². The Bertz CT molecular complexity index is 622. The van der Waals surface area contributed by atoms with E-state index in [0.717, 1.165) is 11.8 Å². The van der Waals surface area contributed by atoms with Gasteiger partial charge in [-0.1, -0.05) is 5.16 Å². The topological polar surface area (TPSA) is 102 Å². The number of rotatable bonds is 9. The van der Waals surface area contributed by atoms with Crippen molar-refractivity contribution in [2.45, 2.75) is 58.9 Å². The van der Waals surface area contributed by atoms with Gasteiger partial charge in [-0.15, -0.1) is 11.8 Å². The molecule has 0 aliphatic carbocycles. The molecule has 1 heterocycles. The lowest BCUT2D eigenvalue weighted by atomic mass is 10.2. The molecule has 26 heavy (non-hydrogen) atoms. The molecule has 1 rings (SSSR count). The molecule has 0 radical (unpaired) electrons. The highest BCUT2D eigenvalue weighted by Crippen LogP contribution is 2.14. The lowest BCUT2D eigenvalue weighted by Crippen LogP contribution is -2.44. The van der Waals surface area contributed by atoms with Crippen LogP contribution >= 0.6 is 11.8 Å². The third kappa shape index (κ3) is 7.07. The third-order valence-electron chi connectivity index (χ3n) is 3.46. The molecule has 1 aromatic heterocycles. The number of carbonyl (C=O) groups excluding carboxylic acids is 3. The Kier molecular flexibility index (Phi) is 8.64. The van der Waals surface area contributed by atoms with Gasteiger partial charge < -0.3 is 19.5 Å². The summed E-state index contributed by atoms with van der Waals surface area (Å²) in [6.07, 6.45) is 0. The highest BCUT2D eigenvalue weighted by Gasteiger charge is 2.22. The van der Waals surface area contributed by atoms with Crippen LogP contribution < -0.4 is 5.32 Å². The minimum atomic E-state index is -0.534. The molecule has 0 spiro atoms. The van der Waals surface area contributed by atoms with Crippen LogP contribution in [0.5, 0.6) is 0 Å². The van der Waals surface area contributed by atoms with Crippen LogP contribution in [0, 0.1) is 6.92 Å². The predicted molar refractivity (Wildman–Crippen MR) is 99.9 cm³/mol. The zero-order valence-corrected chi connectivity index (χ0v) is 16.9. The van der Waals surface area contributed by atoms with Crippen LogP contribution in [0.3, 0.4) is 0 Å². The third-order valence-corrected chi connectivity index (χ3v) is 4.57. The molecule has 1 atom stereocenters. The summed E-state index contributed by atoms with van der Waals surface area (Å²) in [5.41, 5.74) is 0. The van der Waals surface area contributed by atoms with E-state index in [9.17, 15) is 14.4 Å². The highest BCUT2D eigenvalue weighted by atomic mass is 32.2. The van der Waals surface area contributed by atoms with Crippen LogP contribution in [-0.4, -0.2) is 57.5 Å². The van der Waals surface area contributed by atoms with E-state index in [0.29, 0.717) is 11.6 Å². The van der Waals surface area contributed by atoms with Gasteiger partial charge in [0.2, 0.25) is 5.91 Å². The number of ether oxygens (including phenoxy) is 1. The summed E-state index contributed by atoms with van der Waals surface area (Å²) in [6.45, 7) is 10.7. The molecule has 0 aromatic carbocycles. The monoisotopic (exact) mass is 385 g/mol. The van der Waals surface area contributed by atoms with Crippen molar-refractivity contribution in [2.24, 2.45) is 0 Å². The maximum absolute atomic E-state index is 12.1. The maximum Gasteiger partial charge on any atom is 0.316 e. The van der Waals surface area contributed by atoms with E-state index >= 15 is 0 Å². The number of nitrogens with one attached hydrogen (secondary N) is 1.